The molecule has 36 heavy (non-hydrogen) atoms. The lowest BCUT2D eigenvalue weighted by Gasteiger charge is -2.56. The zero-order chi connectivity index (χ0) is 26.9. The molecule has 0 aromatic heterocycles. The minimum absolute atomic E-state index is 0.120. The van der Waals surface area contributed by atoms with Gasteiger partial charge in [0.2, 0.25) is 0 Å². The van der Waals surface area contributed by atoms with Gasteiger partial charge in [-0.3, -0.25) is 9.80 Å². The molecule has 0 amide bonds. The zero-order valence-electron chi connectivity index (χ0n) is 25.8. The van der Waals surface area contributed by atoms with Gasteiger partial charge in [-0.1, -0.05) is 0 Å². The second kappa shape index (κ2) is 11.5. The lowest BCUT2D eigenvalue weighted by molar-refractivity contribution is -0.134. The third-order valence-corrected chi connectivity index (χ3v) is 9.12. The summed E-state index contributed by atoms with van der Waals surface area (Å²) in [5, 5.41) is 0. The third kappa shape index (κ3) is 7.68. The van der Waals surface area contributed by atoms with Crippen LogP contribution >= 0.6 is 0 Å². The second-order valence-corrected chi connectivity index (χ2v) is 15.0. The maximum atomic E-state index is 6.74. The van der Waals surface area contributed by atoms with E-state index >= 15 is 0 Å². The molecule has 0 aromatic carbocycles. The van der Waals surface area contributed by atoms with Gasteiger partial charge in [-0.2, -0.15) is 0 Å². The lowest BCUT2D eigenvalue weighted by atomic mass is 9.77. The van der Waals surface area contributed by atoms with Gasteiger partial charge in [-0.15, -0.1) is 0 Å². The Morgan fingerprint density at radius 1 is 0.750 bits per heavy atom. The highest BCUT2D eigenvalue weighted by Crippen LogP contribution is 2.42. The van der Waals surface area contributed by atoms with E-state index < -0.39 is 0 Å². The van der Waals surface area contributed by atoms with Gasteiger partial charge in [0.05, 0.1) is 30.5 Å². The van der Waals surface area contributed by atoms with Crippen molar-refractivity contribution in [2.75, 3.05) is 19.7 Å². The van der Waals surface area contributed by atoms with Crippen molar-refractivity contribution in [1.82, 2.24) is 9.80 Å². The number of hydrogen-bond acceptors (Lipinski definition) is 5. The molecule has 0 aliphatic carbocycles. The quantitative estimate of drug-likeness (QED) is 0.323. The Morgan fingerprint density at radius 2 is 1.25 bits per heavy atom. The summed E-state index contributed by atoms with van der Waals surface area (Å²) in [7, 11) is 0. The molecule has 0 bridgehead atoms. The summed E-state index contributed by atoms with van der Waals surface area (Å²) in [6.07, 6.45) is 10.8. The summed E-state index contributed by atoms with van der Waals surface area (Å²) in [6.45, 7) is 28.9. The van der Waals surface area contributed by atoms with Crippen molar-refractivity contribution in [2.45, 2.75) is 180 Å². The van der Waals surface area contributed by atoms with Crippen LogP contribution in [0.3, 0.4) is 0 Å². The summed E-state index contributed by atoms with van der Waals surface area (Å²) < 4.78 is 19.0. The monoisotopic (exact) mass is 508 g/mol. The summed E-state index contributed by atoms with van der Waals surface area (Å²) in [5.74, 6) is 0. The van der Waals surface area contributed by atoms with Crippen molar-refractivity contribution in [2.24, 2.45) is 0 Å². The van der Waals surface area contributed by atoms with E-state index in [4.69, 9.17) is 14.2 Å². The zero-order valence-corrected chi connectivity index (χ0v) is 25.8. The van der Waals surface area contributed by atoms with Crippen LogP contribution in [0.15, 0.2) is 0 Å². The van der Waals surface area contributed by atoms with Gasteiger partial charge in [-0.25, -0.2) is 0 Å². The Hall–Kier alpha value is -0.200. The number of likely N-dealkylation sites (tertiary alicyclic amines) is 2. The average molecular weight is 509 g/mol. The van der Waals surface area contributed by atoms with E-state index in [2.05, 4.69) is 86.0 Å². The molecule has 3 aliphatic rings. The number of rotatable bonds is 10. The largest absolute Gasteiger partial charge is 0.377 e. The lowest BCUT2D eigenvalue weighted by Crippen LogP contribution is -2.63. The highest BCUT2D eigenvalue weighted by Gasteiger charge is 2.47. The first-order valence-electron chi connectivity index (χ1n) is 15.0. The van der Waals surface area contributed by atoms with Crippen molar-refractivity contribution in [3.05, 3.63) is 0 Å². The van der Waals surface area contributed by atoms with Crippen LogP contribution in [0.25, 0.3) is 0 Å². The molecule has 3 heterocycles. The van der Waals surface area contributed by atoms with E-state index in [-0.39, 0.29) is 22.2 Å². The molecular weight excluding hydrogens is 448 g/mol. The van der Waals surface area contributed by atoms with Gasteiger partial charge < -0.3 is 14.2 Å². The number of ether oxygens (including phenoxy) is 3. The number of piperidine rings is 2. The molecule has 3 rings (SSSR count). The van der Waals surface area contributed by atoms with Crippen LogP contribution in [-0.2, 0) is 14.2 Å². The Morgan fingerprint density at radius 3 is 1.72 bits per heavy atom. The van der Waals surface area contributed by atoms with Crippen LogP contribution in [0.2, 0.25) is 0 Å². The Kier molecular flexibility index (Phi) is 9.69. The fourth-order valence-corrected chi connectivity index (χ4v) is 8.05. The summed E-state index contributed by atoms with van der Waals surface area (Å²) in [5.41, 5.74) is 0.535. The fourth-order valence-electron chi connectivity index (χ4n) is 8.05. The minimum atomic E-state index is 0.120. The molecule has 3 aliphatic heterocycles. The highest BCUT2D eigenvalue weighted by atomic mass is 16.5. The van der Waals surface area contributed by atoms with Gasteiger partial charge in [-0.05, 0) is 134 Å². The minimum Gasteiger partial charge on any atom is -0.377 e. The molecule has 0 N–H and O–H groups in total. The standard InChI is InChI=1S/C31H60N2O3/c1-23(2)35-26-18-28(4,5)32(29(6,7)19-26)16-12-14-24(3)36-27-20-30(8,9)33(31(10,11)21-27)22-25-15-13-17-34-25/h23-27H,12-22H2,1-11H3. The van der Waals surface area contributed by atoms with E-state index in [1.54, 1.807) is 0 Å². The molecule has 212 valence electrons. The van der Waals surface area contributed by atoms with Crippen LogP contribution in [0.4, 0.5) is 0 Å². The van der Waals surface area contributed by atoms with Crippen molar-refractivity contribution < 1.29 is 14.2 Å². The summed E-state index contributed by atoms with van der Waals surface area (Å²) in [6, 6.07) is 0. The Balaban J connectivity index is 1.50. The predicted molar refractivity (Wildman–Crippen MR) is 151 cm³/mol. The van der Waals surface area contributed by atoms with Crippen LogP contribution in [-0.4, -0.2) is 82.2 Å². The maximum Gasteiger partial charge on any atom is 0.0703 e. The first-order chi connectivity index (χ1) is 16.5. The van der Waals surface area contributed by atoms with Gasteiger partial charge in [0.15, 0.2) is 0 Å². The van der Waals surface area contributed by atoms with Crippen molar-refractivity contribution >= 4 is 0 Å². The molecule has 5 nitrogen and oxygen atoms in total. The molecule has 5 heteroatoms. The molecule has 2 unspecified atom stereocenters. The molecule has 0 radical (unpaired) electrons. The third-order valence-electron chi connectivity index (χ3n) is 9.12. The van der Waals surface area contributed by atoms with Gasteiger partial charge in [0, 0.05) is 35.3 Å². The Labute approximate surface area is 224 Å². The maximum absolute atomic E-state index is 6.74. The molecule has 0 spiro atoms. The second-order valence-electron chi connectivity index (χ2n) is 15.0. The average Bonchev–Trinajstić information content (AvgIpc) is 3.18. The molecular formula is C31H60N2O3. The Bertz CT molecular complexity index is 660. The van der Waals surface area contributed by atoms with Crippen molar-refractivity contribution in [1.29, 1.82) is 0 Å². The molecule has 0 saturated carbocycles. The smallest absolute Gasteiger partial charge is 0.0703 e. The molecule has 0 aromatic rings. The van der Waals surface area contributed by atoms with E-state index in [1.807, 2.05) is 0 Å². The van der Waals surface area contributed by atoms with Crippen LogP contribution in [0.5, 0.6) is 0 Å². The van der Waals surface area contributed by atoms with E-state index in [1.165, 1.54) is 19.3 Å². The van der Waals surface area contributed by atoms with Gasteiger partial charge in [0.25, 0.3) is 0 Å². The van der Waals surface area contributed by atoms with E-state index in [9.17, 15) is 0 Å². The molecule has 3 fully saturated rings. The predicted octanol–water partition coefficient (Wildman–Crippen LogP) is 6.82. The molecule has 2 atom stereocenters. The first kappa shape index (κ1) is 30.3. The molecule has 3 saturated heterocycles. The van der Waals surface area contributed by atoms with Crippen molar-refractivity contribution in [3.63, 3.8) is 0 Å². The van der Waals surface area contributed by atoms with Crippen LogP contribution in [0.1, 0.15) is 128 Å². The van der Waals surface area contributed by atoms with E-state index in [0.717, 1.165) is 51.8 Å². The van der Waals surface area contributed by atoms with Crippen molar-refractivity contribution in [3.8, 4) is 0 Å². The van der Waals surface area contributed by atoms with Gasteiger partial charge in [0.1, 0.15) is 0 Å². The van der Waals surface area contributed by atoms with Gasteiger partial charge >= 0.3 is 0 Å². The summed E-state index contributed by atoms with van der Waals surface area (Å²) >= 11 is 0. The SMILES string of the molecule is CC(C)OC1CC(C)(C)N(CCCC(C)OC2CC(C)(C)N(CC3CCCO3)C(C)(C)C2)C(C)(C)C1. The van der Waals surface area contributed by atoms with Crippen LogP contribution < -0.4 is 0 Å². The number of nitrogens with zero attached hydrogens (tertiary/aromatic N) is 2. The van der Waals surface area contributed by atoms with Crippen LogP contribution in [0, 0.1) is 0 Å². The normalized spacial score (nSPS) is 30.2. The van der Waals surface area contributed by atoms with E-state index in [0.29, 0.717) is 30.5 Å². The number of hydrogen-bond donors (Lipinski definition) is 0. The summed E-state index contributed by atoms with van der Waals surface area (Å²) in [4.78, 5) is 5.44. The first-order valence-corrected chi connectivity index (χ1v) is 15.0. The topological polar surface area (TPSA) is 34.2 Å². The fraction of sp³-hybridized carbons (Fsp3) is 1.00. The highest BCUT2D eigenvalue weighted by molar-refractivity contribution is 5.02.